The van der Waals surface area contributed by atoms with Gasteiger partial charge in [0.1, 0.15) is 0 Å². The molecule has 0 unspecified atom stereocenters. The van der Waals surface area contributed by atoms with Gasteiger partial charge in [0.05, 0.1) is 0 Å². The average molecular weight is 248 g/mol. The van der Waals surface area contributed by atoms with Gasteiger partial charge in [0.25, 0.3) is 0 Å². The third kappa shape index (κ3) is 8.24. The Hall–Kier alpha value is 0.0569. The molecule has 0 aromatic heterocycles. The summed E-state index contributed by atoms with van der Waals surface area (Å²) in [5, 5.41) is 3.37. The summed E-state index contributed by atoms with van der Waals surface area (Å²) in [4.78, 5) is 0. The molecule has 0 atom stereocenters. The van der Waals surface area contributed by atoms with Crippen molar-refractivity contribution in [3.63, 3.8) is 0 Å². The summed E-state index contributed by atoms with van der Waals surface area (Å²) >= 11 is 0. The van der Waals surface area contributed by atoms with Crippen LogP contribution in [0.4, 0.5) is 0 Å². The minimum Gasteiger partial charge on any atom is -0.395 e. The Kier molecular flexibility index (Phi) is 10.3. The van der Waals surface area contributed by atoms with Crippen molar-refractivity contribution < 1.29 is 8.85 Å². The van der Waals surface area contributed by atoms with E-state index in [1.807, 2.05) is 13.8 Å². The third-order valence-electron chi connectivity index (χ3n) is 2.44. The Balaban J connectivity index is 3.59. The van der Waals surface area contributed by atoms with E-state index in [4.69, 9.17) is 14.6 Å². The molecule has 0 aromatic rings. The number of nitrogens with two attached hydrogens (primary N) is 1. The summed E-state index contributed by atoms with van der Waals surface area (Å²) in [7, 11) is -1.88. The van der Waals surface area contributed by atoms with E-state index in [2.05, 4.69) is 11.9 Å². The van der Waals surface area contributed by atoms with E-state index in [9.17, 15) is 0 Å². The molecule has 98 valence electrons. The highest BCUT2D eigenvalue weighted by Crippen LogP contribution is 2.15. The van der Waals surface area contributed by atoms with Crippen molar-refractivity contribution in [1.82, 2.24) is 5.32 Å². The molecule has 0 aliphatic carbocycles. The second kappa shape index (κ2) is 10.2. The molecule has 0 heterocycles. The van der Waals surface area contributed by atoms with Gasteiger partial charge < -0.3 is 19.9 Å². The maximum absolute atomic E-state index is 5.77. The van der Waals surface area contributed by atoms with Crippen LogP contribution < -0.4 is 11.1 Å². The Labute approximate surface area is 101 Å². The molecule has 0 spiro atoms. The van der Waals surface area contributed by atoms with Gasteiger partial charge in [-0.1, -0.05) is 0 Å². The predicted octanol–water partition coefficient (Wildman–Crippen LogP) is 1.46. The molecule has 0 aromatic carbocycles. The molecule has 0 saturated heterocycles. The molecule has 0 radical (unpaired) electrons. The molecule has 0 bridgehead atoms. The van der Waals surface area contributed by atoms with Crippen molar-refractivity contribution in [2.24, 2.45) is 5.73 Å². The summed E-state index contributed by atoms with van der Waals surface area (Å²) in [5.41, 5.74) is 5.42. The molecule has 4 nitrogen and oxygen atoms in total. The smallest absolute Gasteiger partial charge is 0.334 e. The van der Waals surface area contributed by atoms with E-state index in [-0.39, 0.29) is 0 Å². The third-order valence-corrected chi connectivity index (χ3v) is 5.50. The Bertz CT molecular complexity index is 153. The molecule has 0 fully saturated rings. The zero-order valence-corrected chi connectivity index (χ0v) is 12.1. The van der Waals surface area contributed by atoms with Crippen LogP contribution in [0, 0.1) is 0 Å². The molecule has 0 aliphatic rings. The fraction of sp³-hybridized carbons (Fsp3) is 1.00. The van der Waals surface area contributed by atoms with E-state index < -0.39 is 8.56 Å². The van der Waals surface area contributed by atoms with Crippen molar-refractivity contribution in [2.75, 3.05) is 32.8 Å². The first kappa shape index (κ1) is 16.1. The highest BCUT2D eigenvalue weighted by atomic mass is 28.4. The largest absolute Gasteiger partial charge is 0.395 e. The summed E-state index contributed by atoms with van der Waals surface area (Å²) in [6, 6.07) is 1.06. The molecule has 0 aliphatic heterocycles. The van der Waals surface area contributed by atoms with Crippen LogP contribution in [0.2, 0.25) is 12.6 Å². The monoisotopic (exact) mass is 248 g/mol. The minimum atomic E-state index is -1.88. The number of hydrogen-bond acceptors (Lipinski definition) is 4. The normalized spacial score (nSPS) is 12.0. The second-order valence-corrected chi connectivity index (χ2v) is 7.34. The van der Waals surface area contributed by atoms with E-state index in [1.54, 1.807) is 0 Å². The van der Waals surface area contributed by atoms with Crippen LogP contribution in [-0.2, 0) is 8.85 Å². The topological polar surface area (TPSA) is 56.5 Å². The van der Waals surface area contributed by atoms with Gasteiger partial charge in [-0.25, -0.2) is 0 Å². The molecule has 5 heteroatoms. The first-order valence-electron chi connectivity index (χ1n) is 6.37. The SMILES string of the molecule is CCO[Si](C)(CCCNCCCN)OCC. The van der Waals surface area contributed by atoms with Crippen LogP contribution in [0.3, 0.4) is 0 Å². The van der Waals surface area contributed by atoms with Gasteiger partial charge in [-0.2, -0.15) is 0 Å². The van der Waals surface area contributed by atoms with Crippen molar-refractivity contribution in [2.45, 2.75) is 39.3 Å². The first-order valence-corrected chi connectivity index (χ1v) is 8.89. The van der Waals surface area contributed by atoms with Gasteiger partial charge in [-0.05, 0) is 58.9 Å². The molecular formula is C11H28N2O2Si. The minimum absolute atomic E-state index is 0.753. The van der Waals surface area contributed by atoms with Gasteiger partial charge in [0.2, 0.25) is 0 Å². The van der Waals surface area contributed by atoms with Gasteiger partial charge >= 0.3 is 8.56 Å². The van der Waals surface area contributed by atoms with E-state index in [1.165, 1.54) is 0 Å². The van der Waals surface area contributed by atoms with Crippen LogP contribution in [0.15, 0.2) is 0 Å². The highest BCUT2D eigenvalue weighted by molar-refractivity contribution is 6.66. The Morgan fingerprint density at radius 1 is 1.06 bits per heavy atom. The number of hydrogen-bond donors (Lipinski definition) is 2. The molecule has 0 rings (SSSR count). The maximum Gasteiger partial charge on any atom is 0.334 e. The predicted molar refractivity (Wildman–Crippen MR) is 70.8 cm³/mol. The van der Waals surface area contributed by atoms with Crippen molar-refractivity contribution in [3.8, 4) is 0 Å². The first-order chi connectivity index (χ1) is 7.68. The lowest BCUT2D eigenvalue weighted by atomic mass is 10.4. The molecule has 0 saturated carbocycles. The number of nitrogens with one attached hydrogen (secondary N) is 1. The summed E-state index contributed by atoms with van der Waals surface area (Å²) in [6.07, 6.45) is 2.17. The van der Waals surface area contributed by atoms with Gasteiger partial charge in [-0.3, -0.25) is 0 Å². The zero-order valence-electron chi connectivity index (χ0n) is 11.1. The van der Waals surface area contributed by atoms with Crippen molar-refractivity contribution in [3.05, 3.63) is 0 Å². The highest BCUT2D eigenvalue weighted by Gasteiger charge is 2.29. The second-order valence-electron chi connectivity index (χ2n) is 4.00. The van der Waals surface area contributed by atoms with E-state index in [0.717, 1.165) is 51.7 Å². The lowest BCUT2D eigenvalue weighted by Gasteiger charge is -2.25. The van der Waals surface area contributed by atoms with E-state index in [0.29, 0.717) is 0 Å². The van der Waals surface area contributed by atoms with Crippen LogP contribution in [-0.4, -0.2) is 41.4 Å². The summed E-state index contributed by atoms with van der Waals surface area (Å²) in [6.45, 7) is 10.5. The van der Waals surface area contributed by atoms with E-state index >= 15 is 0 Å². The quantitative estimate of drug-likeness (QED) is 0.429. The average Bonchev–Trinajstić information content (AvgIpc) is 2.24. The molecule has 0 amide bonds. The Morgan fingerprint density at radius 2 is 1.62 bits per heavy atom. The lowest BCUT2D eigenvalue weighted by molar-refractivity contribution is 0.188. The maximum atomic E-state index is 5.77. The van der Waals surface area contributed by atoms with Gasteiger partial charge in [-0.15, -0.1) is 0 Å². The van der Waals surface area contributed by atoms with Crippen LogP contribution >= 0.6 is 0 Å². The standard InChI is InChI=1S/C11H28N2O2Si/c1-4-14-16(3,15-5-2)11-7-10-13-9-6-8-12/h13H,4-12H2,1-3H3. The van der Waals surface area contributed by atoms with Crippen molar-refractivity contribution >= 4 is 8.56 Å². The van der Waals surface area contributed by atoms with Crippen LogP contribution in [0.1, 0.15) is 26.7 Å². The zero-order chi connectivity index (χ0) is 12.3. The summed E-state index contributed by atoms with van der Waals surface area (Å²) < 4.78 is 11.5. The van der Waals surface area contributed by atoms with Gasteiger partial charge in [0.15, 0.2) is 0 Å². The van der Waals surface area contributed by atoms with Crippen molar-refractivity contribution in [1.29, 1.82) is 0 Å². The van der Waals surface area contributed by atoms with Gasteiger partial charge in [0, 0.05) is 13.2 Å². The summed E-state index contributed by atoms with van der Waals surface area (Å²) in [5.74, 6) is 0. The van der Waals surface area contributed by atoms with Crippen LogP contribution in [0.25, 0.3) is 0 Å². The fourth-order valence-electron chi connectivity index (χ4n) is 1.68. The Morgan fingerprint density at radius 3 is 2.12 bits per heavy atom. The van der Waals surface area contributed by atoms with Crippen LogP contribution in [0.5, 0.6) is 0 Å². The molecule has 16 heavy (non-hydrogen) atoms. The lowest BCUT2D eigenvalue weighted by Crippen LogP contribution is -2.39. The number of rotatable bonds is 11. The fourth-order valence-corrected chi connectivity index (χ4v) is 4.10. The molecular weight excluding hydrogens is 220 g/mol. The molecule has 3 N–H and O–H groups in total.